The van der Waals surface area contributed by atoms with Crippen molar-refractivity contribution in [2.45, 2.75) is 6.42 Å². The van der Waals surface area contributed by atoms with Crippen LogP contribution in [0.2, 0.25) is 0 Å². The Morgan fingerprint density at radius 3 is 2.33 bits per heavy atom. The smallest absolute Gasteiger partial charge is 0.410 e. The van der Waals surface area contributed by atoms with Crippen molar-refractivity contribution in [1.29, 1.82) is 0 Å². The molecule has 1 aliphatic rings. The van der Waals surface area contributed by atoms with Crippen LogP contribution in [-0.4, -0.2) is 18.5 Å². The highest BCUT2D eigenvalue weighted by molar-refractivity contribution is 6.07. The van der Waals surface area contributed by atoms with Gasteiger partial charge in [-0.25, -0.2) is 4.79 Å². The maximum Gasteiger partial charge on any atom is 0.417 e. The van der Waals surface area contributed by atoms with Gasteiger partial charge in [0.25, 0.3) is 5.91 Å². The summed E-state index contributed by atoms with van der Waals surface area (Å²) in [6.45, 7) is 0.626. The first-order valence-corrected chi connectivity index (χ1v) is 8.74. The summed E-state index contributed by atoms with van der Waals surface area (Å²) in [6, 6.07) is 23.7. The molecule has 5 nitrogen and oxygen atoms in total. The number of rotatable bonds is 3. The van der Waals surface area contributed by atoms with Crippen LogP contribution >= 0.6 is 0 Å². The molecule has 0 bridgehead atoms. The number of anilines is 2. The van der Waals surface area contributed by atoms with E-state index in [9.17, 15) is 9.59 Å². The summed E-state index contributed by atoms with van der Waals surface area (Å²) in [5.74, 6) is 0.467. The number of hydrogen-bond donors (Lipinski definition) is 1. The highest BCUT2D eigenvalue weighted by Gasteiger charge is 2.25. The van der Waals surface area contributed by atoms with E-state index in [2.05, 4.69) is 5.32 Å². The summed E-state index contributed by atoms with van der Waals surface area (Å²) in [5.41, 5.74) is 3.21. The Morgan fingerprint density at radius 2 is 1.59 bits per heavy atom. The Labute approximate surface area is 157 Å². The number of fused-ring (bicyclic) bond motifs is 1. The summed E-state index contributed by atoms with van der Waals surface area (Å²) in [5, 5.41) is 2.73. The van der Waals surface area contributed by atoms with Gasteiger partial charge in [-0.2, -0.15) is 0 Å². The molecule has 0 fully saturated rings. The summed E-state index contributed by atoms with van der Waals surface area (Å²) >= 11 is 0. The third-order valence-corrected chi connectivity index (χ3v) is 4.44. The lowest BCUT2D eigenvalue weighted by Crippen LogP contribution is -2.28. The van der Waals surface area contributed by atoms with E-state index in [0.29, 0.717) is 23.5 Å². The predicted octanol–water partition coefficient (Wildman–Crippen LogP) is 4.50. The van der Waals surface area contributed by atoms with E-state index in [1.54, 1.807) is 35.2 Å². The molecule has 1 N–H and O–H groups in total. The van der Waals surface area contributed by atoms with Crippen LogP contribution in [0, 0.1) is 0 Å². The molecule has 0 radical (unpaired) electrons. The minimum atomic E-state index is -0.545. The normalized spacial score (nSPS) is 12.4. The Bertz CT molecular complexity index is 971. The number of nitrogens with zero attached hydrogens (tertiary/aromatic N) is 1. The van der Waals surface area contributed by atoms with Gasteiger partial charge in [-0.15, -0.1) is 0 Å². The van der Waals surface area contributed by atoms with Crippen LogP contribution in [0.3, 0.4) is 0 Å². The molecule has 5 heteroatoms. The van der Waals surface area contributed by atoms with E-state index in [-0.39, 0.29) is 5.91 Å². The minimum Gasteiger partial charge on any atom is -0.410 e. The van der Waals surface area contributed by atoms with Crippen LogP contribution in [0.1, 0.15) is 15.9 Å². The molecule has 1 heterocycles. The average Bonchev–Trinajstić information content (AvgIpc) is 3.12. The molecule has 3 aromatic rings. The summed E-state index contributed by atoms with van der Waals surface area (Å²) in [6.07, 6.45) is 0.202. The second kappa shape index (κ2) is 7.33. The van der Waals surface area contributed by atoms with Gasteiger partial charge in [0.1, 0.15) is 5.75 Å². The standard InChI is InChI=1S/C22H18N2O3/c25-21(16-7-3-1-4-8-16)24-14-13-17-15-18(11-12-20(17)24)23-22(26)27-19-9-5-2-6-10-19/h1-12,15H,13-14H2,(H,23,26). The Kier molecular flexibility index (Phi) is 4.58. The molecule has 134 valence electrons. The van der Waals surface area contributed by atoms with Gasteiger partial charge >= 0.3 is 6.09 Å². The van der Waals surface area contributed by atoms with E-state index < -0.39 is 6.09 Å². The van der Waals surface area contributed by atoms with Gasteiger partial charge in [-0.1, -0.05) is 36.4 Å². The zero-order chi connectivity index (χ0) is 18.6. The molecule has 0 atom stereocenters. The maximum atomic E-state index is 12.7. The van der Waals surface area contributed by atoms with Gasteiger partial charge < -0.3 is 9.64 Å². The quantitative estimate of drug-likeness (QED) is 0.750. The van der Waals surface area contributed by atoms with Gasteiger partial charge in [0, 0.05) is 23.5 Å². The Hall–Kier alpha value is -3.60. The first kappa shape index (κ1) is 16.8. The largest absolute Gasteiger partial charge is 0.417 e. The van der Waals surface area contributed by atoms with Crippen molar-refractivity contribution in [1.82, 2.24) is 0 Å². The topological polar surface area (TPSA) is 58.6 Å². The highest BCUT2D eigenvalue weighted by Crippen LogP contribution is 2.31. The lowest BCUT2D eigenvalue weighted by molar-refractivity contribution is 0.0989. The molecular formula is C22H18N2O3. The predicted molar refractivity (Wildman–Crippen MR) is 104 cm³/mol. The Morgan fingerprint density at radius 1 is 0.889 bits per heavy atom. The lowest BCUT2D eigenvalue weighted by Gasteiger charge is -2.17. The second-order valence-corrected chi connectivity index (χ2v) is 6.24. The lowest BCUT2D eigenvalue weighted by atomic mass is 10.1. The van der Waals surface area contributed by atoms with Crippen LogP contribution in [0.5, 0.6) is 5.75 Å². The molecule has 3 aromatic carbocycles. The van der Waals surface area contributed by atoms with Gasteiger partial charge in [-0.05, 0) is 54.4 Å². The number of amides is 2. The molecule has 0 unspecified atom stereocenters. The first-order chi connectivity index (χ1) is 13.2. The monoisotopic (exact) mass is 358 g/mol. The van der Waals surface area contributed by atoms with Crippen LogP contribution in [0.15, 0.2) is 78.9 Å². The van der Waals surface area contributed by atoms with Gasteiger partial charge in [0.15, 0.2) is 0 Å². The maximum absolute atomic E-state index is 12.7. The number of nitrogens with one attached hydrogen (secondary N) is 1. The molecule has 0 aromatic heterocycles. The van der Waals surface area contributed by atoms with E-state index in [1.807, 2.05) is 48.5 Å². The molecule has 0 saturated carbocycles. The number of carbonyl (C=O) groups excluding carboxylic acids is 2. The van der Waals surface area contributed by atoms with E-state index >= 15 is 0 Å². The molecule has 27 heavy (non-hydrogen) atoms. The third kappa shape index (κ3) is 3.67. The third-order valence-electron chi connectivity index (χ3n) is 4.44. The Balaban J connectivity index is 1.47. The van der Waals surface area contributed by atoms with Crippen molar-refractivity contribution in [3.8, 4) is 5.75 Å². The van der Waals surface area contributed by atoms with Crippen molar-refractivity contribution in [3.05, 3.63) is 90.0 Å². The van der Waals surface area contributed by atoms with Crippen molar-refractivity contribution in [3.63, 3.8) is 0 Å². The van der Waals surface area contributed by atoms with Crippen LogP contribution < -0.4 is 15.0 Å². The van der Waals surface area contributed by atoms with Gasteiger partial charge in [0.2, 0.25) is 0 Å². The van der Waals surface area contributed by atoms with Crippen molar-refractivity contribution in [2.75, 3.05) is 16.8 Å². The van der Waals surface area contributed by atoms with Crippen LogP contribution in [0.25, 0.3) is 0 Å². The average molecular weight is 358 g/mol. The number of carbonyl (C=O) groups is 2. The number of ether oxygens (including phenoxy) is 1. The van der Waals surface area contributed by atoms with Gasteiger partial charge in [0.05, 0.1) is 0 Å². The summed E-state index contributed by atoms with van der Waals surface area (Å²) in [4.78, 5) is 26.5. The molecule has 0 aliphatic carbocycles. The minimum absolute atomic E-state index is 0.0152. The van der Waals surface area contributed by atoms with Crippen molar-refractivity contribution >= 4 is 23.4 Å². The van der Waals surface area contributed by atoms with Crippen LogP contribution in [-0.2, 0) is 6.42 Å². The molecule has 0 spiro atoms. The van der Waals surface area contributed by atoms with Crippen molar-refractivity contribution in [2.24, 2.45) is 0 Å². The number of hydrogen-bond acceptors (Lipinski definition) is 3. The number of para-hydroxylation sites is 1. The van der Waals surface area contributed by atoms with Crippen LogP contribution in [0.4, 0.5) is 16.2 Å². The van der Waals surface area contributed by atoms with E-state index in [1.165, 1.54) is 0 Å². The first-order valence-electron chi connectivity index (χ1n) is 8.74. The molecule has 0 saturated heterocycles. The zero-order valence-electron chi connectivity index (χ0n) is 14.6. The summed E-state index contributed by atoms with van der Waals surface area (Å²) in [7, 11) is 0. The number of benzene rings is 3. The molecular weight excluding hydrogens is 340 g/mol. The van der Waals surface area contributed by atoms with E-state index in [0.717, 1.165) is 17.7 Å². The fourth-order valence-electron chi connectivity index (χ4n) is 3.17. The zero-order valence-corrected chi connectivity index (χ0v) is 14.6. The fraction of sp³-hybridized carbons (Fsp3) is 0.0909. The molecule has 4 rings (SSSR count). The van der Waals surface area contributed by atoms with Crippen molar-refractivity contribution < 1.29 is 14.3 Å². The SMILES string of the molecule is O=C(Nc1ccc2c(c1)CCN2C(=O)c1ccccc1)Oc1ccccc1. The fourth-order valence-corrected chi connectivity index (χ4v) is 3.17. The second-order valence-electron chi connectivity index (χ2n) is 6.24. The van der Waals surface area contributed by atoms with Gasteiger partial charge in [-0.3, -0.25) is 10.1 Å². The molecule has 1 aliphatic heterocycles. The van der Waals surface area contributed by atoms with E-state index in [4.69, 9.17) is 4.74 Å². The summed E-state index contributed by atoms with van der Waals surface area (Å²) < 4.78 is 5.24. The molecule has 2 amide bonds. The highest BCUT2D eigenvalue weighted by atomic mass is 16.6.